The SMILES string of the molecule is O=C(NCC1(c2ccccc2Cl)CC1)N1CCN2C(=O)NC[C@@H]2C1. The molecular weight excluding hydrogens is 328 g/mol. The Bertz CT molecular complexity index is 676. The van der Waals surface area contributed by atoms with Crippen LogP contribution in [0.15, 0.2) is 24.3 Å². The van der Waals surface area contributed by atoms with Crippen LogP contribution < -0.4 is 10.6 Å². The maximum absolute atomic E-state index is 12.5. The lowest BCUT2D eigenvalue weighted by atomic mass is 9.96. The number of piperazine rings is 1. The maximum atomic E-state index is 12.5. The van der Waals surface area contributed by atoms with E-state index in [2.05, 4.69) is 16.7 Å². The molecule has 3 aliphatic rings. The Hall–Kier alpha value is -1.95. The molecule has 2 saturated heterocycles. The summed E-state index contributed by atoms with van der Waals surface area (Å²) in [5.41, 5.74) is 1.11. The topological polar surface area (TPSA) is 64.7 Å². The van der Waals surface area contributed by atoms with Gasteiger partial charge in [0.25, 0.3) is 0 Å². The first-order chi connectivity index (χ1) is 11.6. The molecule has 2 heterocycles. The Labute approximate surface area is 146 Å². The molecule has 1 aromatic carbocycles. The fraction of sp³-hybridized carbons (Fsp3) is 0.529. The van der Waals surface area contributed by atoms with Crippen LogP contribution in [-0.4, -0.2) is 60.6 Å². The number of benzene rings is 1. The summed E-state index contributed by atoms with van der Waals surface area (Å²) in [6.07, 6.45) is 2.09. The van der Waals surface area contributed by atoms with Crippen molar-refractivity contribution in [1.29, 1.82) is 0 Å². The minimum atomic E-state index is -0.0488. The minimum Gasteiger partial charge on any atom is -0.337 e. The number of nitrogens with one attached hydrogen (secondary N) is 2. The van der Waals surface area contributed by atoms with E-state index in [0.717, 1.165) is 23.4 Å². The third-order valence-electron chi connectivity index (χ3n) is 5.40. The first-order valence-electron chi connectivity index (χ1n) is 8.41. The number of hydrogen-bond acceptors (Lipinski definition) is 2. The van der Waals surface area contributed by atoms with Crippen molar-refractivity contribution in [2.75, 3.05) is 32.7 Å². The number of amides is 4. The molecule has 0 spiro atoms. The highest BCUT2D eigenvalue weighted by Crippen LogP contribution is 2.49. The smallest absolute Gasteiger partial charge is 0.317 e. The van der Waals surface area contributed by atoms with Crippen LogP contribution in [0, 0.1) is 0 Å². The molecule has 7 heteroatoms. The molecule has 1 aromatic rings. The summed E-state index contributed by atoms with van der Waals surface area (Å²) in [4.78, 5) is 27.8. The molecule has 1 saturated carbocycles. The fourth-order valence-corrected chi connectivity index (χ4v) is 4.06. The molecule has 2 N–H and O–H groups in total. The summed E-state index contributed by atoms with van der Waals surface area (Å²) in [5, 5.41) is 6.68. The van der Waals surface area contributed by atoms with Gasteiger partial charge in [0.2, 0.25) is 0 Å². The van der Waals surface area contributed by atoms with Gasteiger partial charge in [-0.1, -0.05) is 29.8 Å². The Balaban J connectivity index is 1.36. The van der Waals surface area contributed by atoms with E-state index in [1.807, 2.05) is 28.0 Å². The Kier molecular flexibility index (Phi) is 3.79. The number of nitrogens with zero attached hydrogens (tertiary/aromatic N) is 2. The van der Waals surface area contributed by atoms with Gasteiger partial charge in [0.15, 0.2) is 0 Å². The molecule has 1 atom stereocenters. The van der Waals surface area contributed by atoms with Crippen molar-refractivity contribution in [3.8, 4) is 0 Å². The van der Waals surface area contributed by atoms with E-state index < -0.39 is 0 Å². The number of fused-ring (bicyclic) bond motifs is 1. The monoisotopic (exact) mass is 348 g/mol. The van der Waals surface area contributed by atoms with Crippen LogP contribution in [0.5, 0.6) is 0 Å². The molecule has 4 amide bonds. The first kappa shape index (κ1) is 15.6. The van der Waals surface area contributed by atoms with Crippen LogP contribution >= 0.6 is 11.6 Å². The lowest BCUT2D eigenvalue weighted by Gasteiger charge is -2.36. The number of hydrogen-bond donors (Lipinski definition) is 2. The highest BCUT2D eigenvalue weighted by Gasteiger charge is 2.46. The van der Waals surface area contributed by atoms with Crippen LogP contribution in [-0.2, 0) is 5.41 Å². The lowest BCUT2D eigenvalue weighted by Crippen LogP contribution is -2.56. The molecule has 0 radical (unpaired) electrons. The van der Waals surface area contributed by atoms with E-state index >= 15 is 0 Å². The zero-order valence-corrected chi connectivity index (χ0v) is 14.2. The van der Waals surface area contributed by atoms with Gasteiger partial charge in [0, 0.05) is 43.2 Å². The van der Waals surface area contributed by atoms with Crippen LogP contribution in [0.3, 0.4) is 0 Å². The molecule has 3 fully saturated rings. The molecule has 0 aromatic heterocycles. The average Bonchev–Trinajstić information content (AvgIpc) is 3.30. The first-order valence-corrected chi connectivity index (χ1v) is 8.79. The molecule has 128 valence electrons. The zero-order chi connectivity index (χ0) is 16.7. The Morgan fingerprint density at radius 1 is 1.33 bits per heavy atom. The van der Waals surface area contributed by atoms with Gasteiger partial charge in [-0.3, -0.25) is 0 Å². The van der Waals surface area contributed by atoms with Crippen molar-refractivity contribution in [3.63, 3.8) is 0 Å². The van der Waals surface area contributed by atoms with Gasteiger partial charge in [-0.2, -0.15) is 0 Å². The van der Waals surface area contributed by atoms with Crippen LogP contribution in [0.4, 0.5) is 9.59 Å². The van der Waals surface area contributed by atoms with E-state index in [4.69, 9.17) is 11.6 Å². The zero-order valence-electron chi connectivity index (χ0n) is 13.4. The fourth-order valence-electron chi connectivity index (χ4n) is 3.73. The van der Waals surface area contributed by atoms with Gasteiger partial charge in [0.05, 0.1) is 6.04 Å². The van der Waals surface area contributed by atoms with Crippen molar-refractivity contribution >= 4 is 23.7 Å². The Morgan fingerprint density at radius 3 is 2.88 bits per heavy atom. The summed E-state index contributed by atoms with van der Waals surface area (Å²) in [5.74, 6) is 0. The quantitative estimate of drug-likeness (QED) is 0.874. The molecule has 1 aliphatic carbocycles. The molecule has 0 unspecified atom stereocenters. The summed E-state index contributed by atoms with van der Waals surface area (Å²) in [6.45, 7) is 2.99. The van der Waals surface area contributed by atoms with Gasteiger partial charge in [-0.25, -0.2) is 9.59 Å². The molecule has 24 heavy (non-hydrogen) atoms. The van der Waals surface area contributed by atoms with Crippen LogP contribution in [0.2, 0.25) is 5.02 Å². The molecule has 6 nitrogen and oxygen atoms in total. The standard InChI is InChI=1S/C17H21ClN4O2/c18-14-4-2-1-3-13(14)17(5-6-17)11-20-15(23)21-7-8-22-12(10-21)9-19-16(22)24/h1-4,12H,5-11H2,(H,19,24)(H,20,23)/t12-/m1/s1. The second-order valence-electron chi connectivity index (χ2n) is 6.90. The van der Waals surface area contributed by atoms with Gasteiger partial charge < -0.3 is 20.4 Å². The predicted molar refractivity (Wildman–Crippen MR) is 91.2 cm³/mol. The van der Waals surface area contributed by atoms with Gasteiger partial charge in [-0.15, -0.1) is 0 Å². The summed E-state index contributed by atoms with van der Waals surface area (Å²) in [6, 6.07) is 7.90. The van der Waals surface area contributed by atoms with E-state index in [0.29, 0.717) is 32.7 Å². The van der Waals surface area contributed by atoms with Crippen molar-refractivity contribution in [2.24, 2.45) is 0 Å². The Morgan fingerprint density at radius 2 is 2.12 bits per heavy atom. The number of urea groups is 2. The lowest BCUT2D eigenvalue weighted by molar-refractivity contribution is 0.129. The normalized spacial score (nSPS) is 24.4. The van der Waals surface area contributed by atoms with Gasteiger partial charge in [0.1, 0.15) is 0 Å². The molecular formula is C17H21ClN4O2. The van der Waals surface area contributed by atoms with E-state index in [-0.39, 0.29) is 23.5 Å². The number of halogens is 1. The van der Waals surface area contributed by atoms with Crippen molar-refractivity contribution in [1.82, 2.24) is 20.4 Å². The van der Waals surface area contributed by atoms with Crippen LogP contribution in [0.25, 0.3) is 0 Å². The number of carbonyl (C=O) groups excluding carboxylic acids is 2. The number of carbonyl (C=O) groups is 2. The summed E-state index contributed by atoms with van der Waals surface area (Å²) in [7, 11) is 0. The maximum Gasteiger partial charge on any atom is 0.317 e. The highest BCUT2D eigenvalue weighted by molar-refractivity contribution is 6.31. The third-order valence-corrected chi connectivity index (χ3v) is 5.73. The van der Waals surface area contributed by atoms with Crippen molar-refractivity contribution in [3.05, 3.63) is 34.9 Å². The molecule has 0 bridgehead atoms. The van der Waals surface area contributed by atoms with Gasteiger partial charge in [-0.05, 0) is 24.5 Å². The number of rotatable bonds is 3. The van der Waals surface area contributed by atoms with Gasteiger partial charge >= 0.3 is 12.1 Å². The van der Waals surface area contributed by atoms with E-state index in [9.17, 15) is 9.59 Å². The second-order valence-corrected chi connectivity index (χ2v) is 7.31. The third kappa shape index (κ3) is 2.69. The van der Waals surface area contributed by atoms with Crippen molar-refractivity contribution in [2.45, 2.75) is 24.3 Å². The van der Waals surface area contributed by atoms with E-state index in [1.54, 1.807) is 0 Å². The minimum absolute atomic E-state index is 0.0132. The summed E-state index contributed by atoms with van der Waals surface area (Å²) < 4.78 is 0. The predicted octanol–water partition coefficient (Wildman–Crippen LogP) is 1.79. The average molecular weight is 349 g/mol. The highest BCUT2D eigenvalue weighted by atomic mass is 35.5. The second kappa shape index (κ2) is 5.84. The van der Waals surface area contributed by atoms with E-state index in [1.165, 1.54) is 0 Å². The molecule has 4 rings (SSSR count). The van der Waals surface area contributed by atoms with Crippen LogP contribution in [0.1, 0.15) is 18.4 Å². The summed E-state index contributed by atoms with van der Waals surface area (Å²) >= 11 is 6.32. The van der Waals surface area contributed by atoms with Crippen molar-refractivity contribution < 1.29 is 9.59 Å². The molecule has 2 aliphatic heterocycles. The largest absolute Gasteiger partial charge is 0.337 e.